The highest BCUT2D eigenvalue weighted by Gasteiger charge is 2.32. The molecule has 1 aromatic heterocycles. The van der Waals surface area contributed by atoms with Crippen molar-refractivity contribution < 1.29 is 17.9 Å². The summed E-state index contributed by atoms with van der Waals surface area (Å²) in [5.74, 6) is -0.705. The topological polar surface area (TPSA) is 48.1 Å². The molecule has 0 radical (unpaired) electrons. The van der Waals surface area contributed by atoms with Gasteiger partial charge in [-0.3, -0.25) is 0 Å². The fraction of sp³-hybridized carbons (Fsp3) is 0.167. The number of nitrogens with zero attached hydrogens (tertiary/aromatic N) is 1. The Morgan fingerprint density at radius 3 is 2.54 bits per heavy atom. The number of alkyl halides is 3. The zero-order chi connectivity index (χ0) is 10.1. The van der Waals surface area contributed by atoms with E-state index in [0.29, 0.717) is 0 Å². The van der Waals surface area contributed by atoms with Crippen LogP contribution in [0.4, 0.5) is 18.9 Å². The molecule has 13 heavy (non-hydrogen) atoms. The SMILES string of the molecule is Nc1cnc(OC(F)(F)F)c(Cl)c1. The van der Waals surface area contributed by atoms with E-state index in [2.05, 4.69) is 9.72 Å². The molecule has 0 aliphatic heterocycles. The Kier molecular flexibility index (Phi) is 2.51. The fourth-order valence-corrected chi connectivity index (χ4v) is 0.838. The molecule has 3 nitrogen and oxygen atoms in total. The first-order valence-electron chi connectivity index (χ1n) is 3.05. The van der Waals surface area contributed by atoms with E-state index in [1.807, 2.05) is 0 Å². The quantitative estimate of drug-likeness (QED) is 0.777. The zero-order valence-corrected chi connectivity index (χ0v) is 6.86. The molecule has 1 aromatic rings. The zero-order valence-electron chi connectivity index (χ0n) is 6.10. The van der Waals surface area contributed by atoms with Crippen molar-refractivity contribution in [2.24, 2.45) is 0 Å². The van der Waals surface area contributed by atoms with Crippen molar-refractivity contribution in [2.45, 2.75) is 6.36 Å². The summed E-state index contributed by atoms with van der Waals surface area (Å²) in [6, 6.07) is 1.12. The smallest absolute Gasteiger partial charge is 0.397 e. The lowest BCUT2D eigenvalue weighted by molar-refractivity contribution is -0.276. The van der Waals surface area contributed by atoms with Crippen LogP contribution in [0.3, 0.4) is 0 Å². The average molecular weight is 213 g/mol. The van der Waals surface area contributed by atoms with E-state index in [0.717, 1.165) is 12.3 Å². The Bertz CT molecular complexity index is 315. The van der Waals surface area contributed by atoms with Gasteiger partial charge in [-0.1, -0.05) is 11.6 Å². The Hall–Kier alpha value is -1.17. The number of halogens is 4. The number of pyridine rings is 1. The number of rotatable bonds is 1. The normalized spacial score (nSPS) is 11.4. The minimum atomic E-state index is -4.80. The largest absolute Gasteiger partial charge is 0.574 e. The molecular formula is C6H4ClF3N2O. The number of aromatic nitrogens is 1. The van der Waals surface area contributed by atoms with Gasteiger partial charge in [-0.05, 0) is 6.07 Å². The number of hydrogen-bond acceptors (Lipinski definition) is 3. The number of hydrogen-bond donors (Lipinski definition) is 1. The molecule has 1 rings (SSSR count). The number of anilines is 1. The predicted octanol–water partition coefficient (Wildman–Crippen LogP) is 2.22. The Labute approximate surface area is 76.3 Å². The lowest BCUT2D eigenvalue weighted by atomic mass is 10.4. The molecule has 0 unspecified atom stereocenters. The van der Waals surface area contributed by atoms with Gasteiger partial charge in [0, 0.05) is 0 Å². The number of nitrogens with two attached hydrogens (primary N) is 1. The minimum absolute atomic E-state index is 0.166. The molecule has 0 saturated heterocycles. The molecule has 7 heteroatoms. The van der Waals surface area contributed by atoms with E-state index in [1.54, 1.807) is 0 Å². The van der Waals surface area contributed by atoms with Gasteiger partial charge in [0.05, 0.1) is 11.9 Å². The van der Waals surface area contributed by atoms with Crippen molar-refractivity contribution in [3.05, 3.63) is 17.3 Å². The number of ether oxygens (including phenoxy) is 1. The van der Waals surface area contributed by atoms with Crippen LogP contribution >= 0.6 is 11.6 Å². The van der Waals surface area contributed by atoms with Crippen molar-refractivity contribution in [3.63, 3.8) is 0 Å². The first kappa shape index (κ1) is 9.91. The predicted molar refractivity (Wildman–Crippen MR) is 40.3 cm³/mol. The van der Waals surface area contributed by atoms with Crippen molar-refractivity contribution in [3.8, 4) is 5.88 Å². The third-order valence-electron chi connectivity index (χ3n) is 1.04. The molecule has 0 aliphatic rings. The van der Waals surface area contributed by atoms with Crippen LogP contribution in [0.2, 0.25) is 5.02 Å². The molecule has 0 aromatic carbocycles. The highest BCUT2D eigenvalue weighted by atomic mass is 35.5. The molecule has 0 saturated carbocycles. The second kappa shape index (κ2) is 3.29. The van der Waals surface area contributed by atoms with E-state index < -0.39 is 12.2 Å². The van der Waals surface area contributed by atoms with Crippen molar-refractivity contribution in [1.29, 1.82) is 0 Å². The van der Waals surface area contributed by atoms with Crippen LogP contribution in [0.15, 0.2) is 12.3 Å². The Morgan fingerprint density at radius 2 is 2.08 bits per heavy atom. The summed E-state index contributed by atoms with van der Waals surface area (Å²) in [6.45, 7) is 0. The maximum Gasteiger partial charge on any atom is 0.574 e. The second-order valence-corrected chi connectivity index (χ2v) is 2.51. The lowest BCUT2D eigenvalue weighted by Crippen LogP contribution is -2.18. The summed E-state index contributed by atoms with van der Waals surface area (Å²) < 4.78 is 38.5. The molecule has 72 valence electrons. The van der Waals surface area contributed by atoms with Crippen LogP contribution in [0.5, 0.6) is 5.88 Å². The minimum Gasteiger partial charge on any atom is -0.397 e. The standard InChI is InChI=1S/C6H4ClF3N2O/c7-4-1-3(11)2-12-5(4)13-6(8,9)10/h1-2H,11H2. The van der Waals surface area contributed by atoms with Crippen molar-refractivity contribution in [1.82, 2.24) is 4.98 Å². The summed E-state index contributed by atoms with van der Waals surface area (Å²) in [6.07, 6.45) is -3.78. The van der Waals surface area contributed by atoms with Gasteiger partial charge in [0.2, 0.25) is 5.88 Å². The van der Waals surface area contributed by atoms with Gasteiger partial charge < -0.3 is 10.5 Å². The molecule has 0 spiro atoms. The molecular weight excluding hydrogens is 209 g/mol. The summed E-state index contributed by atoms with van der Waals surface area (Å²) in [5, 5.41) is -0.280. The highest BCUT2D eigenvalue weighted by molar-refractivity contribution is 6.32. The van der Waals surface area contributed by atoms with E-state index in [4.69, 9.17) is 17.3 Å². The summed E-state index contributed by atoms with van der Waals surface area (Å²) >= 11 is 5.37. The number of nitrogen functional groups attached to an aromatic ring is 1. The maximum absolute atomic E-state index is 11.7. The average Bonchev–Trinajstić information content (AvgIpc) is 1.93. The lowest BCUT2D eigenvalue weighted by Gasteiger charge is -2.08. The molecule has 0 bridgehead atoms. The van der Waals surface area contributed by atoms with E-state index in [-0.39, 0.29) is 10.7 Å². The molecule has 0 atom stereocenters. The van der Waals surface area contributed by atoms with Crippen LogP contribution in [-0.2, 0) is 0 Å². The molecule has 0 fully saturated rings. The van der Waals surface area contributed by atoms with Crippen LogP contribution in [-0.4, -0.2) is 11.3 Å². The summed E-state index contributed by atoms with van der Waals surface area (Å²) in [5.41, 5.74) is 5.37. The fourth-order valence-electron chi connectivity index (χ4n) is 0.625. The van der Waals surface area contributed by atoms with Gasteiger partial charge in [0.15, 0.2) is 0 Å². The van der Waals surface area contributed by atoms with Crippen LogP contribution in [0.25, 0.3) is 0 Å². The van der Waals surface area contributed by atoms with Gasteiger partial charge in [0.1, 0.15) is 5.02 Å². The Morgan fingerprint density at radius 1 is 1.46 bits per heavy atom. The van der Waals surface area contributed by atoms with Gasteiger partial charge in [-0.15, -0.1) is 13.2 Å². The first-order valence-corrected chi connectivity index (χ1v) is 3.43. The van der Waals surface area contributed by atoms with E-state index in [9.17, 15) is 13.2 Å². The molecule has 0 amide bonds. The first-order chi connectivity index (χ1) is 5.88. The summed E-state index contributed by atoms with van der Waals surface area (Å²) in [4.78, 5) is 3.26. The second-order valence-electron chi connectivity index (χ2n) is 2.10. The Balaban J connectivity index is 2.90. The molecule has 0 aliphatic carbocycles. The van der Waals surface area contributed by atoms with Crippen molar-refractivity contribution >= 4 is 17.3 Å². The van der Waals surface area contributed by atoms with E-state index >= 15 is 0 Å². The molecule has 1 heterocycles. The third kappa shape index (κ3) is 2.98. The third-order valence-corrected chi connectivity index (χ3v) is 1.31. The van der Waals surface area contributed by atoms with Gasteiger partial charge in [0.25, 0.3) is 0 Å². The summed E-state index contributed by atoms with van der Waals surface area (Å²) in [7, 11) is 0. The maximum atomic E-state index is 11.7. The van der Waals surface area contributed by atoms with E-state index in [1.165, 1.54) is 0 Å². The monoisotopic (exact) mass is 212 g/mol. The van der Waals surface area contributed by atoms with Crippen LogP contribution in [0.1, 0.15) is 0 Å². The molecule has 2 N–H and O–H groups in total. The van der Waals surface area contributed by atoms with Crippen molar-refractivity contribution in [2.75, 3.05) is 5.73 Å². The highest BCUT2D eigenvalue weighted by Crippen LogP contribution is 2.28. The van der Waals surface area contributed by atoms with Crippen LogP contribution in [0, 0.1) is 0 Å². The van der Waals surface area contributed by atoms with Gasteiger partial charge in [-0.25, -0.2) is 4.98 Å². The van der Waals surface area contributed by atoms with Gasteiger partial charge >= 0.3 is 6.36 Å². The van der Waals surface area contributed by atoms with Crippen LogP contribution < -0.4 is 10.5 Å². The van der Waals surface area contributed by atoms with Gasteiger partial charge in [-0.2, -0.15) is 0 Å².